The Balaban J connectivity index is 1.02. The lowest BCUT2D eigenvalue weighted by Crippen LogP contribution is -2.29. The van der Waals surface area contributed by atoms with Crippen molar-refractivity contribution < 1.29 is 45.4 Å². The Bertz CT molecular complexity index is 2700. The maximum absolute atomic E-state index is 13.7. The Morgan fingerprint density at radius 2 is 1.26 bits per heavy atom. The van der Waals surface area contributed by atoms with Crippen molar-refractivity contribution in [1.82, 2.24) is 4.98 Å². The van der Waals surface area contributed by atoms with E-state index in [0.717, 1.165) is 21.2 Å². The van der Waals surface area contributed by atoms with E-state index in [1.54, 1.807) is 25.1 Å². The number of thiazole rings is 1. The van der Waals surface area contributed by atoms with Crippen LogP contribution in [0.5, 0.6) is 11.5 Å². The lowest BCUT2D eigenvalue weighted by atomic mass is 10.1. The highest BCUT2D eigenvalue weighted by atomic mass is 35.5. The molecule has 7 rings (SSSR count). The van der Waals surface area contributed by atoms with Gasteiger partial charge in [-0.2, -0.15) is 0 Å². The molecule has 0 unspecified atom stereocenters. The molecule has 19 heteroatoms. The van der Waals surface area contributed by atoms with Crippen LogP contribution in [0.2, 0.25) is 10.0 Å². The van der Waals surface area contributed by atoms with E-state index in [0.29, 0.717) is 29.0 Å². The van der Waals surface area contributed by atoms with E-state index < -0.39 is 44.3 Å². The van der Waals surface area contributed by atoms with Crippen LogP contribution in [0, 0.1) is 6.92 Å². The second-order valence-corrected chi connectivity index (χ2v) is 18.6. The number of carbonyl (C=O) groups is 3. The van der Waals surface area contributed by atoms with E-state index >= 15 is 0 Å². The molecule has 3 heterocycles. The molecule has 2 aliphatic rings. The van der Waals surface area contributed by atoms with E-state index in [9.17, 15) is 31.2 Å². The number of halogens is 2. The molecular formula is C38H32Cl2N4O10S3. The van der Waals surface area contributed by atoms with Crippen LogP contribution < -0.4 is 23.4 Å². The molecule has 0 fully saturated rings. The Hall–Kier alpha value is -5.20. The first-order chi connectivity index (χ1) is 27.1. The number of hydrogen-bond donors (Lipinski definition) is 1. The van der Waals surface area contributed by atoms with Crippen molar-refractivity contribution in [2.24, 2.45) is 0 Å². The summed E-state index contributed by atoms with van der Waals surface area (Å²) in [6, 6.07) is 17.7. The number of hydrogen-bond acceptors (Lipinski definition) is 12. The fourth-order valence-corrected chi connectivity index (χ4v) is 11.2. The fraction of sp³-hybridized carbons (Fsp3) is 0.211. The third-order valence-electron chi connectivity index (χ3n) is 9.39. The van der Waals surface area contributed by atoms with E-state index in [4.69, 9.17) is 37.4 Å². The molecule has 1 aromatic heterocycles. The van der Waals surface area contributed by atoms with Crippen molar-refractivity contribution in [1.29, 1.82) is 0 Å². The van der Waals surface area contributed by atoms with E-state index in [1.807, 2.05) is 0 Å². The SMILES string of the molecule is COc1ccc(Cl)cc1S(=O)(=O)N1CCc2ccc(C(=O)Nc3nc(CC(=O)OC(=O)c4ccc5c(c4)N(S(=O)(=O)c4cc(Cl)ccc4OC)CC5)c(C)s3)cc21. The number of esters is 2. The number of anilines is 3. The van der Waals surface area contributed by atoms with E-state index in [2.05, 4.69) is 10.3 Å². The van der Waals surface area contributed by atoms with Crippen molar-refractivity contribution in [3.05, 3.63) is 116 Å². The molecule has 0 radical (unpaired) electrons. The van der Waals surface area contributed by atoms with Gasteiger partial charge in [0, 0.05) is 33.6 Å². The monoisotopic (exact) mass is 870 g/mol. The van der Waals surface area contributed by atoms with Gasteiger partial charge in [-0.15, -0.1) is 11.3 Å². The number of aryl methyl sites for hydroxylation is 1. The highest BCUT2D eigenvalue weighted by molar-refractivity contribution is 7.93. The minimum atomic E-state index is -4.14. The minimum Gasteiger partial charge on any atom is -0.495 e. The molecule has 0 aliphatic carbocycles. The first-order valence-corrected chi connectivity index (χ1v) is 21.6. The third-order valence-corrected chi connectivity index (χ3v) is 14.5. The summed E-state index contributed by atoms with van der Waals surface area (Å²) < 4.78 is 72.9. The van der Waals surface area contributed by atoms with Crippen molar-refractivity contribution in [3.63, 3.8) is 0 Å². The number of benzene rings is 4. The lowest BCUT2D eigenvalue weighted by Gasteiger charge is -2.21. The molecule has 0 atom stereocenters. The van der Waals surface area contributed by atoms with Gasteiger partial charge < -0.3 is 14.2 Å². The van der Waals surface area contributed by atoms with Gasteiger partial charge >= 0.3 is 11.9 Å². The third kappa shape index (κ3) is 7.77. The van der Waals surface area contributed by atoms with E-state index in [-0.39, 0.29) is 72.1 Å². The van der Waals surface area contributed by atoms with Gasteiger partial charge in [-0.05, 0) is 91.6 Å². The van der Waals surface area contributed by atoms with Gasteiger partial charge in [0.2, 0.25) is 0 Å². The number of aromatic nitrogens is 1. The number of nitrogens with one attached hydrogen (secondary N) is 1. The predicted molar refractivity (Wildman–Crippen MR) is 214 cm³/mol. The van der Waals surface area contributed by atoms with Crippen LogP contribution in [0.3, 0.4) is 0 Å². The topological polar surface area (TPSA) is 179 Å². The molecule has 14 nitrogen and oxygen atoms in total. The number of ether oxygens (including phenoxy) is 3. The van der Waals surface area contributed by atoms with Crippen molar-refractivity contribution in [2.45, 2.75) is 36.0 Å². The highest BCUT2D eigenvalue weighted by Crippen LogP contribution is 2.39. The maximum Gasteiger partial charge on any atom is 0.345 e. The average Bonchev–Trinajstić information content (AvgIpc) is 3.91. The molecule has 57 heavy (non-hydrogen) atoms. The van der Waals surface area contributed by atoms with Crippen molar-refractivity contribution in [2.75, 3.05) is 41.2 Å². The van der Waals surface area contributed by atoms with Crippen LogP contribution in [0.1, 0.15) is 42.4 Å². The maximum atomic E-state index is 13.7. The second kappa shape index (κ2) is 15.6. The summed E-state index contributed by atoms with van der Waals surface area (Å²) in [5, 5.41) is 3.28. The Labute approximate surface area is 342 Å². The van der Waals surface area contributed by atoms with Gasteiger partial charge in [0.15, 0.2) is 5.13 Å². The molecule has 0 spiro atoms. The summed E-state index contributed by atoms with van der Waals surface area (Å²) in [7, 11) is -5.54. The van der Waals surface area contributed by atoms with Crippen LogP contribution in [0.25, 0.3) is 0 Å². The Kier molecular flexibility index (Phi) is 11.0. The molecule has 0 saturated heterocycles. The summed E-state index contributed by atoms with van der Waals surface area (Å²) >= 11 is 13.3. The zero-order valence-electron chi connectivity index (χ0n) is 30.4. The van der Waals surface area contributed by atoms with Crippen LogP contribution >= 0.6 is 34.5 Å². The molecule has 0 saturated carbocycles. The molecule has 4 aromatic carbocycles. The van der Waals surface area contributed by atoms with Crippen LogP contribution in [-0.4, -0.2) is 67.0 Å². The normalized spacial score (nSPS) is 13.6. The molecule has 1 amide bonds. The smallest absolute Gasteiger partial charge is 0.345 e. The zero-order chi connectivity index (χ0) is 40.8. The average molecular weight is 872 g/mol. The molecule has 2 aliphatic heterocycles. The standard InChI is InChI=1S/C38H32Cl2N4O10S3/c1-21-28(20-35(45)54-37(47)25-7-5-23-13-15-44(30(23)17-25)57(50,51)34-19-27(40)9-11-32(34)53-3)41-38(55-21)42-36(46)24-6-4-22-12-14-43(29(22)16-24)56(48,49)33-18-26(39)8-10-31(33)52-2/h4-11,16-19H,12-15,20H2,1-3H3,(H,41,42,46). The van der Waals surface area contributed by atoms with Gasteiger partial charge in [-0.3, -0.25) is 23.5 Å². The minimum absolute atomic E-state index is 0.0439. The Morgan fingerprint density at radius 3 is 1.79 bits per heavy atom. The second-order valence-electron chi connectivity index (χ2n) is 12.8. The molecule has 5 aromatic rings. The number of rotatable bonds is 11. The van der Waals surface area contributed by atoms with Gasteiger partial charge in [0.25, 0.3) is 26.0 Å². The van der Waals surface area contributed by atoms with Gasteiger partial charge in [-0.25, -0.2) is 26.6 Å². The number of carbonyl (C=O) groups excluding carboxylic acids is 3. The van der Waals surface area contributed by atoms with Gasteiger partial charge in [-0.1, -0.05) is 35.3 Å². The summed E-state index contributed by atoms with van der Waals surface area (Å²) in [5.74, 6) is -2.24. The van der Waals surface area contributed by atoms with Crippen LogP contribution in [0.15, 0.2) is 82.6 Å². The number of methoxy groups -OCH3 is 2. The summed E-state index contributed by atoms with van der Waals surface area (Å²) in [6.45, 7) is 1.95. The van der Waals surface area contributed by atoms with Crippen molar-refractivity contribution in [3.8, 4) is 11.5 Å². The van der Waals surface area contributed by atoms with E-state index in [1.165, 1.54) is 73.1 Å². The summed E-state index contributed by atoms with van der Waals surface area (Å²) in [4.78, 5) is 44.2. The first kappa shape index (κ1) is 40.0. The largest absolute Gasteiger partial charge is 0.495 e. The molecular weight excluding hydrogens is 840 g/mol. The number of fused-ring (bicyclic) bond motifs is 2. The van der Waals surface area contributed by atoms with Crippen LogP contribution in [0.4, 0.5) is 16.5 Å². The quantitative estimate of drug-likeness (QED) is 0.114. The van der Waals surface area contributed by atoms with Crippen LogP contribution in [-0.2, 0) is 48.8 Å². The van der Waals surface area contributed by atoms with Gasteiger partial charge in [0.05, 0.1) is 43.3 Å². The van der Waals surface area contributed by atoms with Crippen molar-refractivity contribution >= 4 is 88.9 Å². The predicted octanol–water partition coefficient (Wildman–Crippen LogP) is 6.46. The molecule has 1 N–H and O–H groups in total. The number of amides is 1. The Morgan fingerprint density at radius 1 is 0.754 bits per heavy atom. The summed E-state index contributed by atoms with van der Waals surface area (Å²) in [6.07, 6.45) is 0.419. The number of nitrogens with zero attached hydrogens (tertiary/aromatic N) is 3. The summed E-state index contributed by atoms with van der Waals surface area (Å²) in [5.41, 5.74) is 2.39. The first-order valence-electron chi connectivity index (χ1n) is 17.1. The zero-order valence-corrected chi connectivity index (χ0v) is 34.3. The van der Waals surface area contributed by atoms with Gasteiger partial charge in [0.1, 0.15) is 21.3 Å². The number of sulfonamides is 2. The molecule has 0 bridgehead atoms. The lowest BCUT2D eigenvalue weighted by molar-refractivity contribution is -0.137. The fourth-order valence-electron chi connectivity index (χ4n) is 6.56. The molecule has 296 valence electrons. The highest BCUT2D eigenvalue weighted by Gasteiger charge is 2.35.